The van der Waals surface area contributed by atoms with Crippen LogP contribution in [-0.4, -0.2) is 36.3 Å². The van der Waals surface area contributed by atoms with E-state index in [2.05, 4.69) is 5.92 Å². The van der Waals surface area contributed by atoms with Crippen LogP contribution in [0.15, 0.2) is 23.1 Å². The van der Waals surface area contributed by atoms with Crippen molar-refractivity contribution in [2.24, 2.45) is 0 Å². The molecule has 0 radical (unpaired) electrons. The molecule has 2 amide bonds. The normalized spacial score (nSPS) is 16.0. The first-order valence-electron chi connectivity index (χ1n) is 6.60. The first-order chi connectivity index (χ1) is 10.6. The zero-order valence-corrected chi connectivity index (χ0v) is 13.1. The van der Waals surface area contributed by atoms with Gasteiger partial charge in [-0.15, -0.1) is 6.42 Å². The third kappa shape index (κ3) is 3.26. The van der Waals surface area contributed by atoms with Gasteiger partial charge in [0.1, 0.15) is 6.61 Å². The summed E-state index contributed by atoms with van der Waals surface area (Å²) >= 11 is 0.933. The molecule has 1 fully saturated rings. The molecule has 0 N–H and O–H groups in total. The summed E-state index contributed by atoms with van der Waals surface area (Å²) in [7, 11) is 1.52. The molecule has 0 unspecified atom stereocenters. The van der Waals surface area contributed by atoms with Crippen LogP contribution in [-0.2, 0) is 4.79 Å². The Hall–Kier alpha value is -2.39. The number of hydrogen-bond acceptors (Lipinski definition) is 5. The van der Waals surface area contributed by atoms with Gasteiger partial charge in [-0.25, -0.2) is 0 Å². The maximum Gasteiger partial charge on any atom is 0.293 e. The highest BCUT2D eigenvalue weighted by atomic mass is 32.2. The third-order valence-electron chi connectivity index (χ3n) is 2.99. The smallest absolute Gasteiger partial charge is 0.293 e. The summed E-state index contributed by atoms with van der Waals surface area (Å²) in [5, 5.41) is -0.250. The maximum atomic E-state index is 12.1. The second-order valence-corrected chi connectivity index (χ2v) is 5.32. The fourth-order valence-corrected chi connectivity index (χ4v) is 2.84. The molecule has 0 spiro atoms. The van der Waals surface area contributed by atoms with Crippen LogP contribution in [0.1, 0.15) is 12.5 Å². The molecule has 1 aromatic carbocycles. The molecular weight excluding hydrogens is 302 g/mol. The van der Waals surface area contributed by atoms with Crippen LogP contribution in [0.4, 0.5) is 4.79 Å². The summed E-state index contributed by atoms with van der Waals surface area (Å²) in [6.07, 6.45) is 6.82. The van der Waals surface area contributed by atoms with Gasteiger partial charge in [0.2, 0.25) is 0 Å². The van der Waals surface area contributed by atoms with E-state index >= 15 is 0 Å². The van der Waals surface area contributed by atoms with Crippen molar-refractivity contribution in [3.63, 3.8) is 0 Å². The second kappa shape index (κ2) is 7.05. The highest BCUT2D eigenvalue weighted by Gasteiger charge is 2.33. The Morgan fingerprint density at radius 2 is 2.14 bits per heavy atom. The Bertz CT molecular complexity index is 675. The second-order valence-electron chi connectivity index (χ2n) is 4.33. The van der Waals surface area contributed by atoms with Crippen molar-refractivity contribution in [3.05, 3.63) is 28.7 Å². The minimum absolute atomic E-state index is 0.144. The topological polar surface area (TPSA) is 55.8 Å². The molecule has 0 bridgehead atoms. The number of imide groups is 1. The molecule has 2 rings (SSSR count). The van der Waals surface area contributed by atoms with Crippen LogP contribution >= 0.6 is 11.8 Å². The van der Waals surface area contributed by atoms with Gasteiger partial charge in [-0.2, -0.15) is 0 Å². The number of carbonyl (C=O) groups is 2. The summed E-state index contributed by atoms with van der Waals surface area (Å²) in [6.45, 7) is 2.27. The largest absolute Gasteiger partial charge is 0.493 e. The van der Waals surface area contributed by atoms with Crippen LogP contribution < -0.4 is 9.47 Å². The lowest BCUT2D eigenvalue weighted by Crippen LogP contribution is -2.27. The van der Waals surface area contributed by atoms with Crippen LogP contribution in [0.3, 0.4) is 0 Å². The minimum atomic E-state index is -0.274. The highest BCUT2D eigenvalue weighted by molar-refractivity contribution is 8.18. The summed E-state index contributed by atoms with van der Waals surface area (Å²) in [5.41, 5.74) is 0.742. The quantitative estimate of drug-likeness (QED) is 0.617. The molecule has 0 aromatic heterocycles. The number of rotatable bonds is 5. The van der Waals surface area contributed by atoms with Gasteiger partial charge < -0.3 is 9.47 Å². The molecule has 1 aliphatic rings. The van der Waals surface area contributed by atoms with Crippen molar-refractivity contribution in [1.29, 1.82) is 0 Å². The van der Waals surface area contributed by atoms with Crippen LogP contribution in [0.25, 0.3) is 6.08 Å². The Morgan fingerprint density at radius 1 is 1.36 bits per heavy atom. The van der Waals surface area contributed by atoms with Crippen molar-refractivity contribution in [2.75, 3.05) is 20.3 Å². The van der Waals surface area contributed by atoms with Gasteiger partial charge in [-0.3, -0.25) is 14.5 Å². The van der Waals surface area contributed by atoms with Crippen LogP contribution in [0.2, 0.25) is 0 Å². The van der Waals surface area contributed by atoms with Crippen LogP contribution in [0, 0.1) is 12.3 Å². The van der Waals surface area contributed by atoms with Crippen molar-refractivity contribution in [3.8, 4) is 23.8 Å². The fraction of sp³-hybridized carbons (Fsp3) is 0.250. The zero-order chi connectivity index (χ0) is 16.1. The molecule has 6 heteroatoms. The van der Waals surface area contributed by atoms with Gasteiger partial charge in [0.15, 0.2) is 11.5 Å². The van der Waals surface area contributed by atoms with E-state index in [4.69, 9.17) is 15.9 Å². The molecule has 1 saturated heterocycles. The van der Waals surface area contributed by atoms with E-state index in [0.717, 1.165) is 17.3 Å². The van der Waals surface area contributed by atoms with Gasteiger partial charge in [0.25, 0.3) is 11.1 Å². The summed E-state index contributed by atoms with van der Waals surface area (Å²) < 4.78 is 10.6. The Labute approximate surface area is 133 Å². The summed E-state index contributed by atoms with van der Waals surface area (Å²) in [4.78, 5) is 25.3. The number of methoxy groups -OCH3 is 1. The third-order valence-corrected chi connectivity index (χ3v) is 3.89. The van der Waals surface area contributed by atoms with E-state index in [-0.39, 0.29) is 17.8 Å². The Balaban J connectivity index is 2.27. The Kier molecular flexibility index (Phi) is 5.12. The van der Waals surface area contributed by atoms with E-state index in [1.807, 2.05) is 0 Å². The number of hydrogen-bond donors (Lipinski definition) is 0. The lowest BCUT2D eigenvalue weighted by atomic mass is 10.2. The monoisotopic (exact) mass is 317 g/mol. The summed E-state index contributed by atoms with van der Waals surface area (Å²) in [5.74, 6) is 3.15. The Morgan fingerprint density at radius 3 is 2.73 bits per heavy atom. The van der Waals surface area contributed by atoms with Crippen molar-refractivity contribution in [2.45, 2.75) is 6.92 Å². The predicted octanol–water partition coefficient (Wildman–Crippen LogP) is 2.76. The molecule has 114 valence electrons. The molecule has 0 atom stereocenters. The van der Waals surface area contributed by atoms with Crippen molar-refractivity contribution in [1.82, 2.24) is 4.90 Å². The number of carbonyl (C=O) groups excluding carboxylic acids is 2. The van der Waals surface area contributed by atoms with E-state index in [0.29, 0.717) is 22.9 Å². The molecule has 0 aliphatic carbocycles. The number of terminal acetylenes is 1. The van der Waals surface area contributed by atoms with Crippen molar-refractivity contribution < 1.29 is 19.1 Å². The molecule has 0 saturated carbocycles. The first-order valence-corrected chi connectivity index (χ1v) is 7.42. The fourth-order valence-electron chi connectivity index (χ4n) is 1.94. The predicted molar refractivity (Wildman–Crippen MR) is 85.7 cm³/mol. The SMILES string of the molecule is C#CCOc1ccc(/C=C2/SC(=O)N(CC)C2=O)cc1OC. The highest BCUT2D eigenvalue weighted by Crippen LogP contribution is 2.34. The zero-order valence-electron chi connectivity index (χ0n) is 12.3. The molecule has 1 heterocycles. The number of likely N-dealkylation sites (N-methyl/N-ethyl adjacent to an activating group) is 1. The van der Waals surface area contributed by atoms with Gasteiger partial charge >= 0.3 is 0 Å². The van der Waals surface area contributed by atoms with Gasteiger partial charge in [0, 0.05) is 6.54 Å². The number of nitrogens with zero attached hydrogens (tertiary/aromatic N) is 1. The lowest BCUT2D eigenvalue weighted by Gasteiger charge is -2.09. The standard InChI is InChI=1S/C16H15NO4S/c1-4-8-21-12-7-6-11(9-13(12)20-3)10-14-15(18)17(5-2)16(19)22-14/h1,6-7,9-10H,5,8H2,2-3H3/b14-10+. The molecule has 5 nitrogen and oxygen atoms in total. The molecule has 22 heavy (non-hydrogen) atoms. The van der Waals surface area contributed by atoms with E-state index in [1.54, 1.807) is 31.2 Å². The van der Waals surface area contributed by atoms with E-state index in [9.17, 15) is 9.59 Å². The maximum absolute atomic E-state index is 12.1. The minimum Gasteiger partial charge on any atom is -0.493 e. The number of benzene rings is 1. The molecular formula is C16H15NO4S. The van der Waals surface area contributed by atoms with Crippen LogP contribution in [0.5, 0.6) is 11.5 Å². The molecule has 1 aromatic rings. The molecule has 1 aliphatic heterocycles. The number of amides is 2. The average Bonchev–Trinajstić information content (AvgIpc) is 2.79. The number of thioether (sulfide) groups is 1. The van der Waals surface area contributed by atoms with Gasteiger partial charge in [-0.05, 0) is 42.5 Å². The lowest BCUT2D eigenvalue weighted by molar-refractivity contribution is -0.122. The van der Waals surface area contributed by atoms with E-state index in [1.165, 1.54) is 12.0 Å². The average molecular weight is 317 g/mol. The van der Waals surface area contributed by atoms with Gasteiger partial charge in [0.05, 0.1) is 12.0 Å². The van der Waals surface area contributed by atoms with E-state index < -0.39 is 0 Å². The summed E-state index contributed by atoms with van der Waals surface area (Å²) in [6, 6.07) is 5.21. The van der Waals surface area contributed by atoms with Crippen molar-refractivity contribution >= 4 is 29.0 Å². The number of ether oxygens (including phenoxy) is 2. The van der Waals surface area contributed by atoms with Gasteiger partial charge in [-0.1, -0.05) is 12.0 Å². The first kappa shape index (κ1) is 16.0.